The lowest BCUT2D eigenvalue weighted by Crippen LogP contribution is -2.28. The minimum atomic E-state index is -0.185. The number of halogens is 2. The van der Waals surface area contributed by atoms with Crippen molar-refractivity contribution in [2.45, 2.75) is 6.92 Å². The van der Waals surface area contributed by atoms with E-state index in [4.69, 9.17) is 11.6 Å². The normalized spacial score (nSPS) is 12.2. The first-order valence-electron chi connectivity index (χ1n) is 4.87. The molecule has 1 amide bonds. The maximum atomic E-state index is 11.7. The molecule has 0 saturated heterocycles. The molecular formula is C11H13BrClNO2. The molecule has 0 spiro atoms. The van der Waals surface area contributed by atoms with Crippen LogP contribution in [0.2, 0.25) is 5.02 Å². The van der Waals surface area contributed by atoms with Crippen LogP contribution in [0.15, 0.2) is 18.2 Å². The van der Waals surface area contributed by atoms with Crippen molar-refractivity contribution in [3.05, 3.63) is 28.8 Å². The second-order valence-corrected chi connectivity index (χ2v) is 4.69. The van der Waals surface area contributed by atoms with Crippen LogP contribution in [0.4, 0.5) is 0 Å². The van der Waals surface area contributed by atoms with Crippen LogP contribution >= 0.6 is 27.5 Å². The quantitative estimate of drug-likeness (QED) is 0.840. The van der Waals surface area contributed by atoms with E-state index in [2.05, 4.69) is 21.2 Å². The molecule has 16 heavy (non-hydrogen) atoms. The highest BCUT2D eigenvalue weighted by molar-refractivity contribution is 9.09. The highest BCUT2D eigenvalue weighted by Gasteiger charge is 2.09. The summed E-state index contributed by atoms with van der Waals surface area (Å²) in [5, 5.41) is 13.0. The third-order valence-corrected chi connectivity index (χ3v) is 3.49. The van der Waals surface area contributed by atoms with Gasteiger partial charge in [-0.3, -0.25) is 4.79 Å². The number of aromatic hydroxyl groups is 1. The number of amides is 1. The van der Waals surface area contributed by atoms with Crippen LogP contribution in [0.25, 0.3) is 0 Å². The Hall–Kier alpha value is -0.740. The van der Waals surface area contributed by atoms with Crippen LogP contribution in [0.3, 0.4) is 0 Å². The molecule has 0 heterocycles. The van der Waals surface area contributed by atoms with E-state index in [9.17, 15) is 9.90 Å². The standard InChI is InChI=1S/C11H13BrClNO2/c1-7(5-12)6-14-11(16)8-2-3-10(15)9(13)4-8/h2-4,7,15H,5-6H2,1H3,(H,14,16). The molecule has 0 aliphatic heterocycles. The third kappa shape index (κ3) is 3.68. The number of benzene rings is 1. The van der Waals surface area contributed by atoms with Gasteiger partial charge in [0.1, 0.15) is 5.75 Å². The molecule has 3 nitrogen and oxygen atoms in total. The number of phenolic OH excluding ortho intramolecular Hbond substituents is 1. The van der Waals surface area contributed by atoms with E-state index >= 15 is 0 Å². The molecular weight excluding hydrogens is 293 g/mol. The van der Waals surface area contributed by atoms with E-state index in [1.165, 1.54) is 18.2 Å². The zero-order valence-corrected chi connectivity index (χ0v) is 11.2. The lowest BCUT2D eigenvalue weighted by Gasteiger charge is -2.09. The first kappa shape index (κ1) is 13.3. The van der Waals surface area contributed by atoms with Gasteiger partial charge in [0.25, 0.3) is 5.91 Å². The van der Waals surface area contributed by atoms with Crippen LogP contribution in [0, 0.1) is 5.92 Å². The summed E-state index contributed by atoms with van der Waals surface area (Å²) in [5.41, 5.74) is 0.449. The van der Waals surface area contributed by atoms with Gasteiger partial charge >= 0.3 is 0 Å². The molecule has 88 valence electrons. The van der Waals surface area contributed by atoms with Crippen molar-refractivity contribution in [1.82, 2.24) is 5.32 Å². The van der Waals surface area contributed by atoms with Gasteiger partial charge in [-0.05, 0) is 24.1 Å². The number of alkyl halides is 1. The molecule has 0 fully saturated rings. The van der Waals surface area contributed by atoms with Gasteiger partial charge in [-0.2, -0.15) is 0 Å². The molecule has 1 unspecified atom stereocenters. The smallest absolute Gasteiger partial charge is 0.251 e. The maximum Gasteiger partial charge on any atom is 0.251 e. The summed E-state index contributed by atoms with van der Waals surface area (Å²) in [6.45, 7) is 2.63. The Bertz CT molecular complexity index is 384. The number of carbonyl (C=O) groups excluding carboxylic acids is 1. The molecule has 0 aliphatic carbocycles. The Morgan fingerprint density at radius 3 is 2.88 bits per heavy atom. The summed E-state index contributed by atoms with van der Waals surface area (Å²) < 4.78 is 0. The Morgan fingerprint density at radius 2 is 2.31 bits per heavy atom. The lowest BCUT2D eigenvalue weighted by molar-refractivity contribution is 0.0949. The van der Waals surface area contributed by atoms with E-state index in [0.29, 0.717) is 18.0 Å². The fourth-order valence-corrected chi connectivity index (χ4v) is 1.48. The largest absolute Gasteiger partial charge is 0.506 e. The summed E-state index contributed by atoms with van der Waals surface area (Å²) in [6.07, 6.45) is 0. The molecule has 1 aromatic rings. The van der Waals surface area contributed by atoms with Crippen molar-refractivity contribution < 1.29 is 9.90 Å². The molecule has 0 aromatic heterocycles. The summed E-state index contributed by atoms with van der Waals surface area (Å²) in [4.78, 5) is 11.7. The average molecular weight is 307 g/mol. The highest BCUT2D eigenvalue weighted by Crippen LogP contribution is 2.23. The number of nitrogens with one attached hydrogen (secondary N) is 1. The van der Waals surface area contributed by atoms with Gasteiger partial charge in [0.15, 0.2) is 0 Å². The molecule has 0 bridgehead atoms. The molecule has 1 atom stereocenters. The summed E-state index contributed by atoms with van der Waals surface area (Å²) >= 11 is 9.05. The number of hydrogen-bond donors (Lipinski definition) is 2. The molecule has 0 aliphatic rings. The second kappa shape index (κ2) is 6.11. The van der Waals surface area contributed by atoms with Gasteiger partial charge in [-0.1, -0.05) is 34.5 Å². The van der Waals surface area contributed by atoms with Crippen molar-refractivity contribution in [2.24, 2.45) is 5.92 Å². The Kier molecular flexibility index (Phi) is 5.09. The van der Waals surface area contributed by atoms with Crippen LogP contribution in [0.1, 0.15) is 17.3 Å². The highest BCUT2D eigenvalue weighted by atomic mass is 79.9. The molecule has 1 aromatic carbocycles. The monoisotopic (exact) mass is 305 g/mol. The van der Waals surface area contributed by atoms with Gasteiger partial charge < -0.3 is 10.4 Å². The molecule has 0 radical (unpaired) electrons. The van der Waals surface area contributed by atoms with E-state index in [-0.39, 0.29) is 16.7 Å². The van der Waals surface area contributed by atoms with Gasteiger partial charge in [0, 0.05) is 17.4 Å². The van der Waals surface area contributed by atoms with Crippen LogP contribution < -0.4 is 5.32 Å². The zero-order chi connectivity index (χ0) is 12.1. The van der Waals surface area contributed by atoms with Crippen LogP contribution in [-0.4, -0.2) is 22.9 Å². The van der Waals surface area contributed by atoms with Gasteiger partial charge in [0.05, 0.1) is 5.02 Å². The van der Waals surface area contributed by atoms with Crippen LogP contribution in [0.5, 0.6) is 5.75 Å². The average Bonchev–Trinajstić information content (AvgIpc) is 2.29. The lowest BCUT2D eigenvalue weighted by atomic mass is 10.2. The van der Waals surface area contributed by atoms with Gasteiger partial charge in [-0.25, -0.2) is 0 Å². The molecule has 5 heteroatoms. The van der Waals surface area contributed by atoms with Gasteiger partial charge in [0.2, 0.25) is 0 Å². The predicted molar refractivity (Wildman–Crippen MR) is 68.4 cm³/mol. The fraction of sp³-hybridized carbons (Fsp3) is 0.364. The number of phenols is 1. The van der Waals surface area contributed by atoms with E-state index in [1.54, 1.807) is 0 Å². The second-order valence-electron chi connectivity index (χ2n) is 3.64. The Labute approximate surface area is 108 Å². The molecule has 0 saturated carbocycles. The number of carbonyl (C=O) groups is 1. The fourth-order valence-electron chi connectivity index (χ4n) is 1.07. The van der Waals surface area contributed by atoms with Crippen molar-refractivity contribution in [1.29, 1.82) is 0 Å². The predicted octanol–water partition coefficient (Wildman–Crippen LogP) is 2.81. The van der Waals surface area contributed by atoms with Crippen molar-refractivity contribution >= 4 is 33.4 Å². The van der Waals surface area contributed by atoms with Gasteiger partial charge in [-0.15, -0.1) is 0 Å². The Morgan fingerprint density at radius 1 is 1.62 bits per heavy atom. The van der Waals surface area contributed by atoms with E-state index in [0.717, 1.165) is 5.33 Å². The minimum Gasteiger partial charge on any atom is -0.506 e. The topological polar surface area (TPSA) is 49.3 Å². The third-order valence-electron chi connectivity index (χ3n) is 2.08. The molecule has 1 rings (SSSR count). The van der Waals surface area contributed by atoms with Crippen molar-refractivity contribution in [2.75, 3.05) is 11.9 Å². The zero-order valence-electron chi connectivity index (χ0n) is 8.84. The summed E-state index contributed by atoms with van der Waals surface area (Å²) in [6, 6.07) is 4.39. The Balaban J connectivity index is 2.63. The van der Waals surface area contributed by atoms with Crippen molar-refractivity contribution in [3.63, 3.8) is 0 Å². The number of hydrogen-bond acceptors (Lipinski definition) is 2. The maximum absolute atomic E-state index is 11.7. The van der Waals surface area contributed by atoms with Crippen molar-refractivity contribution in [3.8, 4) is 5.75 Å². The van der Waals surface area contributed by atoms with Crippen LogP contribution in [-0.2, 0) is 0 Å². The SMILES string of the molecule is CC(CBr)CNC(=O)c1ccc(O)c(Cl)c1. The molecule has 2 N–H and O–H groups in total. The van der Waals surface area contributed by atoms with E-state index in [1.807, 2.05) is 6.92 Å². The first-order chi connectivity index (χ1) is 7.54. The number of rotatable bonds is 4. The first-order valence-corrected chi connectivity index (χ1v) is 6.37. The van der Waals surface area contributed by atoms with E-state index < -0.39 is 0 Å². The summed E-state index contributed by atoms with van der Waals surface area (Å²) in [5.74, 6) is 0.165. The summed E-state index contributed by atoms with van der Waals surface area (Å²) in [7, 11) is 0. The minimum absolute atomic E-state index is 0.0213.